The van der Waals surface area contributed by atoms with Crippen molar-refractivity contribution in [2.45, 2.75) is 45.2 Å². The number of hydrogen-bond donors (Lipinski definition) is 1. The van der Waals surface area contributed by atoms with Crippen LogP contribution in [0.3, 0.4) is 0 Å². The Kier molecular flexibility index (Phi) is 6.13. The Morgan fingerprint density at radius 2 is 2.37 bits per heavy atom. The molecule has 1 aromatic heterocycles. The number of aryl methyl sites for hydroxylation is 1. The zero-order valence-corrected chi connectivity index (χ0v) is 13.7. The fourth-order valence-electron chi connectivity index (χ4n) is 2.47. The summed E-state index contributed by atoms with van der Waals surface area (Å²) < 4.78 is 5.13. The van der Waals surface area contributed by atoms with Gasteiger partial charge in [0.1, 0.15) is 0 Å². The fraction of sp³-hybridized carbons (Fsp3) is 0.786. The van der Waals surface area contributed by atoms with E-state index >= 15 is 0 Å². The van der Waals surface area contributed by atoms with E-state index in [1.54, 1.807) is 7.11 Å². The molecule has 19 heavy (non-hydrogen) atoms. The van der Waals surface area contributed by atoms with Crippen molar-refractivity contribution in [2.24, 2.45) is 0 Å². The van der Waals surface area contributed by atoms with Gasteiger partial charge in [-0.05, 0) is 32.4 Å². The number of methoxy groups -OCH3 is 1. The molecule has 1 aliphatic heterocycles. The third-order valence-corrected chi connectivity index (χ3v) is 6.05. The summed E-state index contributed by atoms with van der Waals surface area (Å²) in [4.78, 5) is 6.05. The molecule has 0 aromatic carbocycles. The minimum Gasteiger partial charge on any atom is -0.384 e. The summed E-state index contributed by atoms with van der Waals surface area (Å²) in [6.07, 6.45) is 3.58. The van der Waals surface area contributed by atoms with Gasteiger partial charge in [0.25, 0.3) is 0 Å². The van der Waals surface area contributed by atoms with Crippen molar-refractivity contribution in [1.82, 2.24) is 10.3 Å². The Hall–Kier alpha value is -0.100. The second-order valence-corrected chi connectivity index (χ2v) is 7.37. The summed E-state index contributed by atoms with van der Waals surface area (Å²) in [7, 11) is 1.74. The molecule has 3 nitrogen and oxygen atoms in total. The molecular weight excluding hydrogens is 276 g/mol. The highest BCUT2D eigenvalue weighted by Crippen LogP contribution is 2.27. The van der Waals surface area contributed by atoms with E-state index in [1.165, 1.54) is 39.9 Å². The molecule has 108 valence electrons. The summed E-state index contributed by atoms with van der Waals surface area (Å²) in [5, 5.41) is 4.96. The van der Waals surface area contributed by atoms with Gasteiger partial charge in [0.05, 0.1) is 17.3 Å². The molecule has 1 aromatic rings. The standard InChI is InChI=1S/C14H24N2OS2/c1-10(15-12-5-4-8-18-9-12)14-11(2)16-13(19-14)6-7-17-3/h10,12,15H,4-9H2,1-3H3/t10-,12-/m0/s1. The highest BCUT2D eigenvalue weighted by atomic mass is 32.2. The van der Waals surface area contributed by atoms with Crippen LogP contribution in [0.2, 0.25) is 0 Å². The number of ether oxygens (including phenoxy) is 1. The number of hydrogen-bond acceptors (Lipinski definition) is 5. The number of rotatable bonds is 6. The van der Waals surface area contributed by atoms with Crippen LogP contribution in [-0.4, -0.2) is 36.2 Å². The van der Waals surface area contributed by atoms with Gasteiger partial charge in [0.2, 0.25) is 0 Å². The first-order chi connectivity index (χ1) is 9.20. The number of nitrogens with zero attached hydrogens (tertiary/aromatic N) is 1. The van der Waals surface area contributed by atoms with Gasteiger partial charge in [0, 0.05) is 36.2 Å². The molecule has 0 saturated carbocycles. The van der Waals surface area contributed by atoms with Crippen molar-refractivity contribution in [3.8, 4) is 0 Å². The minimum atomic E-state index is 0.414. The lowest BCUT2D eigenvalue weighted by Gasteiger charge is -2.26. The molecular formula is C14H24N2OS2. The quantitative estimate of drug-likeness (QED) is 0.875. The number of aromatic nitrogens is 1. The van der Waals surface area contributed by atoms with E-state index in [4.69, 9.17) is 4.74 Å². The first-order valence-corrected chi connectivity index (χ1v) is 8.96. The predicted octanol–water partition coefficient (Wildman–Crippen LogP) is 3.19. The molecule has 0 spiro atoms. The Labute approximate surface area is 124 Å². The van der Waals surface area contributed by atoms with Gasteiger partial charge in [-0.2, -0.15) is 11.8 Å². The topological polar surface area (TPSA) is 34.1 Å². The summed E-state index contributed by atoms with van der Waals surface area (Å²) in [6.45, 7) is 5.14. The van der Waals surface area contributed by atoms with Gasteiger partial charge in [-0.1, -0.05) is 0 Å². The Balaban J connectivity index is 1.93. The highest BCUT2D eigenvalue weighted by Gasteiger charge is 2.19. The number of thioether (sulfide) groups is 1. The third kappa shape index (κ3) is 4.45. The van der Waals surface area contributed by atoms with E-state index in [-0.39, 0.29) is 0 Å². The maximum absolute atomic E-state index is 5.13. The van der Waals surface area contributed by atoms with Crippen LogP contribution in [0.15, 0.2) is 0 Å². The second-order valence-electron chi connectivity index (χ2n) is 5.10. The van der Waals surface area contributed by atoms with Crippen molar-refractivity contribution in [3.63, 3.8) is 0 Å². The third-order valence-electron chi connectivity index (χ3n) is 3.44. The van der Waals surface area contributed by atoms with Crippen molar-refractivity contribution in [2.75, 3.05) is 25.2 Å². The molecule has 0 unspecified atom stereocenters. The fourth-order valence-corrected chi connectivity index (χ4v) is 4.61. The summed E-state index contributed by atoms with van der Waals surface area (Å²) in [6, 6.07) is 1.08. The van der Waals surface area contributed by atoms with Gasteiger partial charge < -0.3 is 10.1 Å². The second kappa shape index (κ2) is 7.62. The molecule has 0 radical (unpaired) electrons. The molecule has 1 aliphatic rings. The van der Waals surface area contributed by atoms with E-state index in [0.29, 0.717) is 12.1 Å². The van der Waals surface area contributed by atoms with Gasteiger partial charge in [-0.15, -0.1) is 11.3 Å². The van der Waals surface area contributed by atoms with E-state index in [2.05, 4.69) is 35.9 Å². The maximum Gasteiger partial charge on any atom is 0.0954 e. The van der Waals surface area contributed by atoms with Crippen molar-refractivity contribution in [3.05, 3.63) is 15.6 Å². The van der Waals surface area contributed by atoms with Crippen LogP contribution in [-0.2, 0) is 11.2 Å². The van der Waals surface area contributed by atoms with E-state index in [1.807, 2.05) is 11.3 Å². The van der Waals surface area contributed by atoms with E-state index < -0.39 is 0 Å². The average molecular weight is 300 g/mol. The summed E-state index contributed by atoms with van der Waals surface area (Å²) in [5.41, 5.74) is 1.18. The zero-order valence-electron chi connectivity index (χ0n) is 12.1. The Morgan fingerprint density at radius 1 is 1.53 bits per heavy atom. The Morgan fingerprint density at radius 3 is 3.05 bits per heavy atom. The molecule has 0 bridgehead atoms. The monoisotopic (exact) mass is 300 g/mol. The van der Waals surface area contributed by atoms with Crippen molar-refractivity contribution in [1.29, 1.82) is 0 Å². The molecule has 2 heterocycles. The molecule has 5 heteroatoms. The minimum absolute atomic E-state index is 0.414. The molecule has 0 aliphatic carbocycles. The van der Waals surface area contributed by atoms with Gasteiger partial charge in [0.15, 0.2) is 0 Å². The van der Waals surface area contributed by atoms with Crippen LogP contribution in [0.25, 0.3) is 0 Å². The van der Waals surface area contributed by atoms with Crippen LogP contribution in [0.1, 0.15) is 41.4 Å². The van der Waals surface area contributed by atoms with Crippen molar-refractivity contribution < 1.29 is 4.74 Å². The molecule has 0 amide bonds. The first kappa shape index (κ1) is 15.3. The normalized spacial score (nSPS) is 21.5. The van der Waals surface area contributed by atoms with Gasteiger partial charge in [-0.25, -0.2) is 4.98 Å². The smallest absolute Gasteiger partial charge is 0.0954 e. The maximum atomic E-state index is 5.13. The highest BCUT2D eigenvalue weighted by molar-refractivity contribution is 7.99. The van der Waals surface area contributed by atoms with E-state index in [9.17, 15) is 0 Å². The lowest BCUT2D eigenvalue weighted by Crippen LogP contribution is -2.35. The predicted molar refractivity (Wildman–Crippen MR) is 84.3 cm³/mol. The molecule has 2 atom stereocenters. The zero-order chi connectivity index (χ0) is 13.7. The lowest BCUT2D eigenvalue weighted by atomic mass is 10.1. The first-order valence-electron chi connectivity index (χ1n) is 6.99. The Bertz CT molecular complexity index is 389. The van der Waals surface area contributed by atoms with E-state index in [0.717, 1.165) is 13.0 Å². The molecule has 1 N–H and O–H groups in total. The van der Waals surface area contributed by atoms with Crippen molar-refractivity contribution >= 4 is 23.1 Å². The lowest BCUT2D eigenvalue weighted by molar-refractivity contribution is 0.202. The molecule has 2 rings (SSSR count). The van der Waals surface area contributed by atoms with Gasteiger partial charge in [-0.3, -0.25) is 0 Å². The average Bonchev–Trinajstić information content (AvgIpc) is 2.79. The summed E-state index contributed by atoms with van der Waals surface area (Å²) >= 11 is 3.91. The van der Waals surface area contributed by atoms with Crippen LogP contribution < -0.4 is 5.32 Å². The summed E-state index contributed by atoms with van der Waals surface area (Å²) in [5.74, 6) is 2.58. The number of thiazole rings is 1. The van der Waals surface area contributed by atoms with Crippen LogP contribution in [0, 0.1) is 6.92 Å². The SMILES string of the molecule is COCCc1nc(C)c([C@H](C)N[C@H]2CCCSC2)s1. The largest absolute Gasteiger partial charge is 0.384 e. The molecule has 1 fully saturated rings. The van der Waals surface area contributed by atoms with Crippen LogP contribution in [0.4, 0.5) is 0 Å². The van der Waals surface area contributed by atoms with Crippen LogP contribution in [0.5, 0.6) is 0 Å². The molecule has 1 saturated heterocycles. The number of nitrogens with one attached hydrogen (secondary N) is 1. The van der Waals surface area contributed by atoms with Crippen LogP contribution >= 0.6 is 23.1 Å². The van der Waals surface area contributed by atoms with Gasteiger partial charge >= 0.3 is 0 Å².